The van der Waals surface area contributed by atoms with E-state index in [1.807, 2.05) is 12.1 Å². The van der Waals surface area contributed by atoms with Crippen molar-refractivity contribution in [1.29, 1.82) is 0 Å². The minimum Gasteiger partial charge on any atom is -0.426 e. The molecule has 0 aliphatic carbocycles. The maximum absolute atomic E-state index is 17.1. The van der Waals surface area contributed by atoms with Gasteiger partial charge in [0, 0.05) is 47.3 Å². The van der Waals surface area contributed by atoms with Crippen molar-refractivity contribution in [2.45, 2.75) is 76.9 Å². The first kappa shape index (κ1) is 30.5. The monoisotopic (exact) mass is 652 g/mol. The number of fused-ring (bicyclic) bond motifs is 5. The summed E-state index contributed by atoms with van der Waals surface area (Å²) >= 11 is 6.73. The van der Waals surface area contributed by atoms with Gasteiger partial charge in [0.05, 0.1) is 16.3 Å². The smallest absolute Gasteiger partial charge is 0.316 e. The van der Waals surface area contributed by atoms with Crippen molar-refractivity contribution in [3.05, 3.63) is 53.2 Å². The molecule has 10 heteroatoms. The third kappa shape index (κ3) is 5.41. The second kappa shape index (κ2) is 11.4. The highest BCUT2D eigenvalue weighted by Gasteiger charge is 2.43. The molecule has 2 atom stereocenters. The lowest BCUT2D eigenvalue weighted by Gasteiger charge is -2.34. The first-order valence-corrected chi connectivity index (χ1v) is 17.1. The highest BCUT2D eigenvalue weighted by molar-refractivity contribution is 6.36. The van der Waals surface area contributed by atoms with Crippen LogP contribution in [0.25, 0.3) is 32.9 Å². The first-order chi connectivity index (χ1) is 22.6. The largest absolute Gasteiger partial charge is 0.426 e. The number of aromatic nitrogens is 3. The summed E-state index contributed by atoms with van der Waals surface area (Å²) in [5.74, 6) is 7.14. The average Bonchev–Trinajstić information content (AvgIpc) is 3.73. The van der Waals surface area contributed by atoms with E-state index in [1.54, 1.807) is 45.2 Å². The number of carbonyl (C=O) groups excluding carboxylic acids is 1. The summed E-state index contributed by atoms with van der Waals surface area (Å²) in [7, 11) is 0. The SMILES string of the molecule is CC(C)(C)C(=O)Oc1cc(-c2ncc3c(N4C[C@H]5CC[C@@H](C4)N5)nc(C#CC45CCCN4CCC5)nc3c2F)c2c(Cl)cccc2c1. The number of ether oxygens (including phenoxy) is 1. The molecule has 0 spiro atoms. The van der Waals surface area contributed by atoms with Crippen LogP contribution in [0.5, 0.6) is 5.75 Å². The van der Waals surface area contributed by atoms with Gasteiger partial charge in [-0.25, -0.2) is 14.4 Å². The van der Waals surface area contributed by atoms with Gasteiger partial charge in [-0.3, -0.25) is 14.7 Å². The molecule has 0 radical (unpaired) electrons. The summed E-state index contributed by atoms with van der Waals surface area (Å²) in [4.78, 5) is 32.0. The Morgan fingerprint density at radius 1 is 1.11 bits per heavy atom. The van der Waals surface area contributed by atoms with Crippen LogP contribution < -0.4 is 15.0 Å². The molecule has 47 heavy (non-hydrogen) atoms. The van der Waals surface area contributed by atoms with Gasteiger partial charge in [0.15, 0.2) is 5.82 Å². The van der Waals surface area contributed by atoms with Crippen LogP contribution in [-0.2, 0) is 4.79 Å². The molecule has 0 amide bonds. The van der Waals surface area contributed by atoms with Crippen molar-refractivity contribution < 1.29 is 13.9 Å². The molecular formula is C37H38ClFN6O2. The fourth-order valence-electron chi connectivity index (χ4n) is 7.84. The molecule has 0 unspecified atom stereocenters. The lowest BCUT2D eigenvalue weighted by atomic mass is 9.95. The number of benzene rings is 2. The number of nitrogens with one attached hydrogen (secondary N) is 1. The molecule has 2 aromatic heterocycles. The van der Waals surface area contributed by atoms with Crippen LogP contribution in [0.3, 0.4) is 0 Å². The number of nitrogens with zero attached hydrogens (tertiary/aromatic N) is 5. The molecular weight excluding hydrogens is 615 g/mol. The summed E-state index contributed by atoms with van der Waals surface area (Å²) in [5.41, 5.74) is -0.208. The molecule has 0 saturated carbocycles. The Bertz CT molecular complexity index is 1980. The van der Waals surface area contributed by atoms with Gasteiger partial charge >= 0.3 is 5.97 Å². The topological polar surface area (TPSA) is 83.5 Å². The highest BCUT2D eigenvalue weighted by Crippen LogP contribution is 2.41. The highest BCUT2D eigenvalue weighted by atomic mass is 35.5. The van der Waals surface area contributed by atoms with E-state index in [2.05, 4.69) is 31.9 Å². The molecule has 6 heterocycles. The number of hydrogen-bond acceptors (Lipinski definition) is 8. The fourth-order valence-corrected chi connectivity index (χ4v) is 8.12. The molecule has 4 fully saturated rings. The number of rotatable bonds is 3. The van der Waals surface area contributed by atoms with E-state index in [0.29, 0.717) is 56.2 Å². The van der Waals surface area contributed by atoms with Crippen LogP contribution in [0, 0.1) is 23.1 Å². The number of hydrogen-bond donors (Lipinski definition) is 1. The van der Waals surface area contributed by atoms with Crippen molar-refractivity contribution in [2.24, 2.45) is 5.41 Å². The Balaban J connectivity index is 1.30. The van der Waals surface area contributed by atoms with E-state index in [1.165, 1.54) is 0 Å². The zero-order valence-corrected chi connectivity index (χ0v) is 27.8. The molecule has 1 N–H and O–H groups in total. The van der Waals surface area contributed by atoms with Gasteiger partial charge in [-0.05, 0) is 102 Å². The number of esters is 1. The van der Waals surface area contributed by atoms with Gasteiger partial charge < -0.3 is 15.0 Å². The summed E-state index contributed by atoms with van der Waals surface area (Å²) in [6, 6.07) is 9.54. The Labute approximate surface area is 279 Å². The zero-order chi connectivity index (χ0) is 32.5. The Kier molecular flexibility index (Phi) is 7.39. The average molecular weight is 653 g/mol. The molecule has 8 rings (SSSR count). The number of anilines is 1. The molecule has 2 bridgehead atoms. The van der Waals surface area contributed by atoms with E-state index in [4.69, 9.17) is 26.3 Å². The molecule has 2 aromatic carbocycles. The molecule has 4 aliphatic heterocycles. The minimum atomic E-state index is -0.725. The predicted octanol–water partition coefficient (Wildman–Crippen LogP) is 6.51. The normalized spacial score (nSPS) is 22.0. The maximum Gasteiger partial charge on any atom is 0.316 e. The molecule has 4 aliphatic rings. The number of carbonyl (C=O) groups is 1. The van der Waals surface area contributed by atoms with E-state index in [-0.39, 0.29) is 16.7 Å². The zero-order valence-electron chi connectivity index (χ0n) is 27.0. The van der Waals surface area contributed by atoms with Crippen LogP contribution in [0.1, 0.15) is 65.1 Å². The van der Waals surface area contributed by atoms with Gasteiger partial charge in [-0.1, -0.05) is 29.7 Å². The summed E-state index contributed by atoms with van der Waals surface area (Å²) in [6.07, 6.45) is 8.21. The molecule has 242 valence electrons. The molecule has 4 saturated heterocycles. The quantitative estimate of drug-likeness (QED) is 0.152. The van der Waals surface area contributed by atoms with Crippen molar-refractivity contribution >= 4 is 45.1 Å². The van der Waals surface area contributed by atoms with Crippen LogP contribution in [0.2, 0.25) is 5.02 Å². The minimum absolute atomic E-state index is 0.0737. The van der Waals surface area contributed by atoms with Gasteiger partial charge in [0.2, 0.25) is 5.82 Å². The Morgan fingerprint density at radius 3 is 2.57 bits per heavy atom. The second-order valence-corrected chi connectivity index (χ2v) is 14.9. The lowest BCUT2D eigenvalue weighted by Crippen LogP contribution is -2.51. The first-order valence-electron chi connectivity index (χ1n) is 16.7. The number of halogens is 2. The summed E-state index contributed by atoms with van der Waals surface area (Å²) in [6.45, 7) is 9.04. The van der Waals surface area contributed by atoms with E-state index < -0.39 is 17.2 Å². The van der Waals surface area contributed by atoms with Gasteiger partial charge in [0.25, 0.3) is 0 Å². The van der Waals surface area contributed by atoms with Crippen molar-refractivity contribution in [3.63, 3.8) is 0 Å². The van der Waals surface area contributed by atoms with Gasteiger partial charge in [0.1, 0.15) is 22.8 Å². The summed E-state index contributed by atoms with van der Waals surface area (Å²) < 4.78 is 22.8. The standard InChI is InChI=1S/C37H38ClFN6O2/c1-36(2,3)35(46)47-25-17-22-7-4-8-28(38)30(22)26(18-25)32-31(39)33-27(19-40-32)34(44-20-23-9-10-24(21-44)41-23)43-29(42-33)11-14-37-12-5-15-45(37)16-6-13-37/h4,7-8,17-19,23-24,41H,5-6,9-10,12-13,15-16,20-21H2,1-3H3/t23-,24+. The van der Waals surface area contributed by atoms with Gasteiger partial charge in [-0.2, -0.15) is 0 Å². The lowest BCUT2D eigenvalue weighted by molar-refractivity contribution is -0.142. The maximum atomic E-state index is 17.1. The van der Waals surface area contributed by atoms with Gasteiger partial charge in [-0.15, -0.1) is 0 Å². The van der Waals surface area contributed by atoms with Crippen LogP contribution >= 0.6 is 11.6 Å². The molecule has 8 nitrogen and oxygen atoms in total. The Morgan fingerprint density at radius 2 is 1.85 bits per heavy atom. The third-order valence-electron chi connectivity index (χ3n) is 10.2. The predicted molar refractivity (Wildman–Crippen MR) is 182 cm³/mol. The van der Waals surface area contributed by atoms with Crippen molar-refractivity contribution in [3.8, 4) is 28.8 Å². The van der Waals surface area contributed by atoms with E-state index >= 15 is 4.39 Å². The Hall–Kier alpha value is -3.84. The third-order valence-corrected chi connectivity index (χ3v) is 10.5. The van der Waals surface area contributed by atoms with Crippen LogP contribution in [0.4, 0.5) is 10.2 Å². The summed E-state index contributed by atoms with van der Waals surface area (Å²) in [5, 5.41) is 5.98. The fraction of sp³-hybridized carbons (Fsp3) is 0.459. The van der Waals surface area contributed by atoms with E-state index in [0.717, 1.165) is 64.7 Å². The van der Waals surface area contributed by atoms with Crippen LogP contribution in [0.15, 0.2) is 36.5 Å². The van der Waals surface area contributed by atoms with Crippen molar-refractivity contribution in [1.82, 2.24) is 25.2 Å². The number of piperazine rings is 1. The second-order valence-electron chi connectivity index (χ2n) is 14.5. The van der Waals surface area contributed by atoms with E-state index in [9.17, 15) is 4.79 Å². The van der Waals surface area contributed by atoms with Crippen molar-refractivity contribution in [2.75, 3.05) is 31.1 Å². The number of pyridine rings is 1. The molecule has 4 aromatic rings. The van der Waals surface area contributed by atoms with Crippen LogP contribution in [-0.4, -0.2) is 69.6 Å².